The Balaban J connectivity index is 1.35. The molecule has 0 radical (unpaired) electrons. The molecule has 0 spiro atoms. The van der Waals surface area contributed by atoms with Crippen molar-refractivity contribution in [2.45, 2.75) is 50.9 Å². The first kappa shape index (κ1) is 27.5. The SMILES string of the molecule is COc1ccc(-n2cc(-c3ccc(N4CCS(=O)(=O)CC4)cc3)c([C@@H]3CCCC[C@H]3C(=O)CC3(C#N)CC3)n2)cn1. The maximum Gasteiger partial charge on any atom is 0.213 e. The zero-order valence-corrected chi connectivity index (χ0v) is 24.1. The van der Waals surface area contributed by atoms with Crippen LogP contribution in [0.1, 0.15) is 56.6 Å². The molecular formula is C31H35N5O4S. The van der Waals surface area contributed by atoms with E-state index in [1.165, 1.54) is 0 Å². The Morgan fingerprint density at radius 2 is 1.78 bits per heavy atom. The lowest BCUT2D eigenvalue weighted by molar-refractivity contribution is -0.125. The van der Waals surface area contributed by atoms with Crippen molar-refractivity contribution in [1.82, 2.24) is 14.8 Å². The Morgan fingerprint density at radius 3 is 2.41 bits per heavy atom. The van der Waals surface area contributed by atoms with Gasteiger partial charge in [0.25, 0.3) is 0 Å². The fourth-order valence-electron chi connectivity index (χ4n) is 6.25. The van der Waals surface area contributed by atoms with Crippen molar-refractivity contribution in [2.75, 3.05) is 36.6 Å². The van der Waals surface area contributed by atoms with Gasteiger partial charge in [-0.25, -0.2) is 18.1 Å². The molecule has 10 heteroatoms. The smallest absolute Gasteiger partial charge is 0.213 e. The highest BCUT2D eigenvalue weighted by Crippen LogP contribution is 2.51. The summed E-state index contributed by atoms with van der Waals surface area (Å²) in [7, 11) is -1.37. The molecule has 2 aliphatic carbocycles. The summed E-state index contributed by atoms with van der Waals surface area (Å²) in [6.07, 6.45) is 9.42. The van der Waals surface area contributed by atoms with Crippen LogP contribution in [0.3, 0.4) is 0 Å². The van der Waals surface area contributed by atoms with Crippen LogP contribution in [0.2, 0.25) is 0 Å². The Morgan fingerprint density at radius 1 is 1.07 bits per heavy atom. The van der Waals surface area contributed by atoms with E-state index in [-0.39, 0.29) is 29.1 Å². The number of aromatic nitrogens is 3. The number of carbonyl (C=O) groups is 1. The van der Waals surface area contributed by atoms with Gasteiger partial charge in [0.2, 0.25) is 5.88 Å². The number of nitrogens with zero attached hydrogens (tertiary/aromatic N) is 5. The second-order valence-corrected chi connectivity index (χ2v) is 14.0. The van der Waals surface area contributed by atoms with Crippen LogP contribution < -0.4 is 9.64 Å². The van der Waals surface area contributed by atoms with Gasteiger partial charge >= 0.3 is 0 Å². The van der Waals surface area contributed by atoms with E-state index in [4.69, 9.17) is 9.84 Å². The maximum atomic E-state index is 13.6. The monoisotopic (exact) mass is 573 g/mol. The molecule has 3 heterocycles. The number of ketones is 1. The Hall–Kier alpha value is -3.71. The molecular weight excluding hydrogens is 538 g/mol. The molecule has 1 aromatic carbocycles. The van der Waals surface area contributed by atoms with E-state index < -0.39 is 15.3 Å². The zero-order chi connectivity index (χ0) is 28.6. The summed E-state index contributed by atoms with van der Waals surface area (Å²) < 4.78 is 30.8. The third kappa shape index (κ3) is 5.73. The van der Waals surface area contributed by atoms with Gasteiger partial charge in [-0.15, -0.1) is 0 Å². The van der Waals surface area contributed by atoms with Crippen LogP contribution in [0.4, 0.5) is 5.69 Å². The summed E-state index contributed by atoms with van der Waals surface area (Å²) in [5.41, 5.74) is 4.20. The van der Waals surface area contributed by atoms with Crippen LogP contribution in [0.15, 0.2) is 48.8 Å². The van der Waals surface area contributed by atoms with Crippen molar-refractivity contribution < 1.29 is 17.9 Å². The molecule has 3 aromatic rings. The van der Waals surface area contributed by atoms with Crippen LogP contribution in [-0.4, -0.2) is 60.7 Å². The third-order valence-electron chi connectivity index (χ3n) is 8.96. The van der Waals surface area contributed by atoms with E-state index in [2.05, 4.69) is 28.1 Å². The molecule has 0 unspecified atom stereocenters. The van der Waals surface area contributed by atoms with Crippen molar-refractivity contribution >= 4 is 21.3 Å². The molecule has 0 amide bonds. The van der Waals surface area contributed by atoms with Crippen LogP contribution in [0.25, 0.3) is 16.8 Å². The van der Waals surface area contributed by atoms with Crippen LogP contribution in [0.5, 0.6) is 5.88 Å². The molecule has 214 valence electrons. The molecule has 0 N–H and O–H groups in total. The molecule has 3 aliphatic rings. The lowest BCUT2D eigenvalue weighted by atomic mass is 9.72. The molecule has 1 saturated heterocycles. The van der Waals surface area contributed by atoms with E-state index in [0.29, 0.717) is 25.4 Å². The largest absolute Gasteiger partial charge is 0.481 e. The summed E-state index contributed by atoms with van der Waals surface area (Å²) in [5, 5.41) is 14.7. The highest BCUT2D eigenvalue weighted by atomic mass is 32.2. The van der Waals surface area contributed by atoms with Crippen LogP contribution in [0, 0.1) is 22.7 Å². The van der Waals surface area contributed by atoms with E-state index in [1.54, 1.807) is 19.4 Å². The standard InChI is InChI=1S/C31H35N5O4S/c1-40-29-11-10-24(19-33-29)36-20-27(22-6-8-23(9-7-22)35-14-16-41(38,39)17-15-35)30(34-36)26-5-3-2-4-25(26)28(37)18-31(21-32)12-13-31/h6-11,19-20,25-26H,2-5,12-18H2,1H3/t25-,26-/m1/s1. The molecule has 41 heavy (non-hydrogen) atoms. The van der Waals surface area contributed by atoms with Crippen molar-refractivity contribution in [3.05, 3.63) is 54.5 Å². The number of sulfone groups is 1. The molecule has 2 atom stereocenters. The number of benzene rings is 1. The van der Waals surface area contributed by atoms with E-state index in [9.17, 15) is 18.5 Å². The number of hydrogen-bond donors (Lipinski definition) is 0. The van der Waals surface area contributed by atoms with Gasteiger partial charge in [0.15, 0.2) is 9.84 Å². The topological polar surface area (TPSA) is 118 Å². The maximum absolute atomic E-state index is 13.6. The van der Waals surface area contributed by atoms with Gasteiger partial charge in [0.1, 0.15) is 5.78 Å². The first-order valence-electron chi connectivity index (χ1n) is 14.4. The average Bonchev–Trinajstić information content (AvgIpc) is 3.63. The highest BCUT2D eigenvalue weighted by molar-refractivity contribution is 7.91. The Labute approximate surface area is 241 Å². The zero-order valence-electron chi connectivity index (χ0n) is 23.3. The molecule has 0 bridgehead atoms. The second kappa shape index (κ2) is 10.9. The predicted molar refractivity (Wildman–Crippen MR) is 156 cm³/mol. The summed E-state index contributed by atoms with van der Waals surface area (Å²) in [6.45, 7) is 0.983. The van der Waals surface area contributed by atoms with Crippen molar-refractivity contribution in [3.8, 4) is 28.8 Å². The van der Waals surface area contributed by atoms with Crippen molar-refractivity contribution in [1.29, 1.82) is 5.26 Å². The summed E-state index contributed by atoms with van der Waals surface area (Å²) in [5.74, 6) is 0.875. The number of rotatable bonds is 8. The highest BCUT2D eigenvalue weighted by Gasteiger charge is 2.47. The molecule has 9 nitrogen and oxygen atoms in total. The summed E-state index contributed by atoms with van der Waals surface area (Å²) in [4.78, 5) is 20.1. The first-order valence-corrected chi connectivity index (χ1v) is 16.2. The van der Waals surface area contributed by atoms with Gasteiger partial charge in [-0.05, 0) is 49.4 Å². The van der Waals surface area contributed by atoms with Gasteiger partial charge in [0.05, 0.1) is 47.7 Å². The summed E-state index contributed by atoms with van der Waals surface area (Å²) in [6, 6.07) is 14.3. The van der Waals surface area contributed by atoms with Crippen molar-refractivity contribution in [3.63, 3.8) is 0 Å². The Kier molecular flexibility index (Phi) is 7.32. The number of Topliss-reactive ketones (excluding diaryl/α,β-unsaturated/α-hetero) is 1. The van der Waals surface area contributed by atoms with Gasteiger partial charge in [-0.2, -0.15) is 10.4 Å². The van der Waals surface area contributed by atoms with E-state index in [1.807, 2.05) is 29.1 Å². The quantitative estimate of drug-likeness (QED) is 0.380. The molecule has 3 fully saturated rings. The summed E-state index contributed by atoms with van der Waals surface area (Å²) >= 11 is 0. The molecule has 6 rings (SSSR count). The fraction of sp³-hybridized carbons (Fsp3) is 0.484. The average molecular weight is 574 g/mol. The number of methoxy groups -OCH3 is 1. The van der Waals surface area contributed by atoms with Crippen LogP contribution in [-0.2, 0) is 14.6 Å². The van der Waals surface area contributed by atoms with Gasteiger partial charge in [-0.3, -0.25) is 4.79 Å². The number of carbonyl (C=O) groups excluding carboxylic acids is 1. The number of hydrogen-bond acceptors (Lipinski definition) is 8. The predicted octanol–water partition coefficient (Wildman–Crippen LogP) is 4.71. The minimum absolute atomic E-state index is 0.0276. The van der Waals surface area contributed by atoms with Gasteiger partial charge in [0, 0.05) is 54.9 Å². The fourth-order valence-corrected chi connectivity index (χ4v) is 7.46. The number of ether oxygens (including phenoxy) is 1. The number of anilines is 1. The van der Waals surface area contributed by atoms with Gasteiger partial charge in [-0.1, -0.05) is 25.0 Å². The van der Waals surface area contributed by atoms with Gasteiger partial charge < -0.3 is 9.64 Å². The number of nitriles is 1. The minimum Gasteiger partial charge on any atom is -0.481 e. The number of pyridine rings is 1. The minimum atomic E-state index is -2.95. The molecule has 1 aliphatic heterocycles. The van der Waals surface area contributed by atoms with Crippen LogP contribution >= 0.6 is 0 Å². The van der Waals surface area contributed by atoms with Crippen molar-refractivity contribution in [2.24, 2.45) is 11.3 Å². The Bertz CT molecular complexity index is 1560. The second-order valence-electron chi connectivity index (χ2n) is 11.6. The lowest BCUT2D eigenvalue weighted by Gasteiger charge is -2.31. The van der Waals surface area contributed by atoms with E-state index in [0.717, 1.165) is 66.7 Å². The van der Waals surface area contributed by atoms with E-state index >= 15 is 0 Å². The third-order valence-corrected chi connectivity index (χ3v) is 10.6. The molecule has 2 aromatic heterocycles. The first-order chi connectivity index (χ1) is 19.8. The normalized spacial score (nSPS) is 23.0. The molecule has 2 saturated carbocycles. The lowest BCUT2D eigenvalue weighted by Crippen LogP contribution is -2.40.